The van der Waals surface area contributed by atoms with Gasteiger partial charge in [0.15, 0.2) is 0 Å². The largest absolute Gasteiger partial charge is 0.481 e. The van der Waals surface area contributed by atoms with Crippen LogP contribution in [-0.2, 0) is 4.79 Å². The van der Waals surface area contributed by atoms with Gasteiger partial charge in [0.2, 0.25) is 0 Å². The highest BCUT2D eigenvalue weighted by Crippen LogP contribution is 2.27. The Hall–Kier alpha value is -1.29. The van der Waals surface area contributed by atoms with Crippen molar-refractivity contribution in [1.82, 2.24) is 9.88 Å². The highest BCUT2D eigenvalue weighted by molar-refractivity contribution is 5.71. The molecule has 1 atom stereocenters. The summed E-state index contributed by atoms with van der Waals surface area (Å²) in [6, 6.07) is 4.28. The number of aromatic amines is 1. The lowest BCUT2D eigenvalue weighted by Crippen LogP contribution is -2.51. The van der Waals surface area contributed by atoms with E-state index in [0.717, 1.165) is 5.69 Å². The Bertz CT molecular complexity index is 315. The molecule has 4 nitrogen and oxygen atoms in total. The molecule has 2 heterocycles. The smallest absolute Gasteiger partial charge is 0.309 e. The Morgan fingerprint density at radius 2 is 2.43 bits per heavy atom. The molecule has 0 bridgehead atoms. The van der Waals surface area contributed by atoms with Gasteiger partial charge in [-0.2, -0.15) is 0 Å². The Balaban J connectivity index is 1.91. The number of nitrogens with zero attached hydrogens (tertiary/aromatic N) is 1. The van der Waals surface area contributed by atoms with Crippen LogP contribution in [0, 0.1) is 5.92 Å². The van der Waals surface area contributed by atoms with E-state index in [1.165, 1.54) is 0 Å². The third kappa shape index (κ3) is 1.53. The second kappa shape index (κ2) is 3.46. The number of H-pyrrole nitrogens is 1. The van der Waals surface area contributed by atoms with E-state index in [-0.39, 0.29) is 5.92 Å². The molecule has 0 saturated carbocycles. The number of aromatic nitrogens is 1. The minimum Gasteiger partial charge on any atom is -0.481 e. The molecule has 1 aliphatic heterocycles. The van der Waals surface area contributed by atoms with E-state index in [0.29, 0.717) is 19.1 Å². The molecular formula is C10H14N2O2. The monoisotopic (exact) mass is 194 g/mol. The van der Waals surface area contributed by atoms with Crippen molar-refractivity contribution in [3.8, 4) is 0 Å². The molecule has 0 radical (unpaired) electrons. The summed E-state index contributed by atoms with van der Waals surface area (Å²) in [5.41, 5.74) is 1.15. The van der Waals surface area contributed by atoms with E-state index in [2.05, 4.69) is 16.8 Å². The van der Waals surface area contributed by atoms with Gasteiger partial charge in [-0.3, -0.25) is 9.69 Å². The fraction of sp³-hybridized carbons (Fsp3) is 0.500. The van der Waals surface area contributed by atoms with Gasteiger partial charge in [0.1, 0.15) is 0 Å². The van der Waals surface area contributed by atoms with Crippen LogP contribution in [0.5, 0.6) is 0 Å². The van der Waals surface area contributed by atoms with Gasteiger partial charge in [0.05, 0.1) is 5.92 Å². The number of aliphatic carboxylic acids is 1. The number of rotatable bonds is 3. The lowest BCUT2D eigenvalue weighted by molar-refractivity contribution is -0.148. The summed E-state index contributed by atoms with van der Waals surface area (Å²) in [6.07, 6.45) is 1.89. The second-order valence-electron chi connectivity index (χ2n) is 3.79. The summed E-state index contributed by atoms with van der Waals surface area (Å²) in [4.78, 5) is 15.9. The molecule has 1 aliphatic rings. The first-order chi connectivity index (χ1) is 6.68. The first-order valence-electron chi connectivity index (χ1n) is 4.78. The summed E-state index contributed by atoms with van der Waals surface area (Å²) in [5.74, 6) is -0.854. The van der Waals surface area contributed by atoms with E-state index in [4.69, 9.17) is 5.11 Å². The molecule has 2 N–H and O–H groups in total. The predicted octanol–water partition coefficient (Wildman–Crippen LogP) is 1.09. The van der Waals surface area contributed by atoms with Gasteiger partial charge in [0.25, 0.3) is 0 Å². The molecular weight excluding hydrogens is 180 g/mol. The van der Waals surface area contributed by atoms with E-state index in [9.17, 15) is 4.79 Å². The molecule has 0 aliphatic carbocycles. The first-order valence-corrected chi connectivity index (χ1v) is 4.78. The number of hydrogen-bond donors (Lipinski definition) is 2. The molecule has 0 unspecified atom stereocenters. The van der Waals surface area contributed by atoms with Gasteiger partial charge in [-0.15, -0.1) is 0 Å². The summed E-state index contributed by atoms with van der Waals surface area (Å²) >= 11 is 0. The zero-order valence-electron chi connectivity index (χ0n) is 8.10. The van der Waals surface area contributed by atoms with Crippen LogP contribution in [0.25, 0.3) is 0 Å². The minimum absolute atomic E-state index is 0.174. The average molecular weight is 194 g/mol. The van der Waals surface area contributed by atoms with E-state index in [1.54, 1.807) is 0 Å². The van der Waals surface area contributed by atoms with Gasteiger partial charge in [-0.1, -0.05) is 0 Å². The molecule has 1 aromatic rings. The predicted molar refractivity (Wildman–Crippen MR) is 51.9 cm³/mol. The van der Waals surface area contributed by atoms with Crippen LogP contribution in [0.3, 0.4) is 0 Å². The molecule has 2 rings (SSSR count). The van der Waals surface area contributed by atoms with Crippen molar-refractivity contribution in [2.45, 2.75) is 13.0 Å². The van der Waals surface area contributed by atoms with E-state index in [1.807, 2.05) is 18.3 Å². The van der Waals surface area contributed by atoms with Crippen LogP contribution in [-0.4, -0.2) is 34.0 Å². The van der Waals surface area contributed by atoms with Crippen LogP contribution in [0.4, 0.5) is 0 Å². The SMILES string of the molecule is C[C@H](c1ccc[nH]1)N1CC(C(=O)O)C1. The maximum atomic E-state index is 10.6. The fourth-order valence-corrected chi connectivity index (χ4v) is 1.79. The quantitative estimate of drug-likeness (QED) is 0.757. The zero-order valence-corrected chi connectivity index (χ0v) is 8.10. The van der Waals surface area contributed by atoms with Crippen molar-refractivity contribution in [1.29, 1.82) is 0 Å². The van der Waals surface area contributed by atoms with Crippen molar-refractivity contribution in [3.05, 3.63) is 24.0 Å². The molecule has 4 heteroatoms. The summed E-state index contributed by atoms with van der Waals surface area (Å²) in [6.45, 7) is 3.41. The lowest BCUT2D eigenvalue weighted by atomic mass is 9.97. The van der Waals surface area contributed by atoms with E-state index >= 15 is 0 Å². The lowest BCUT2D eigenvalue weighted by Gasteiger charge is -2.40. The number of carbonyl (C=O) groups is 1. The summed E-state index contributed by atoms with van der Waals surface area (Å²) in [7, 11) is 0. The van der Waals surface area contributed by atoms with Crippen LogP contribution >= 0.6 is 0 Å². The van der Waals surface area contributed by atoms with Gasteiger partial charge >= 0.3 is 5.97 Å². The fourth-order valence-electron chi connectivity index (χ4n) is 1.79. The first kappa shape index (κ1) is 9.27. The Kier molecular flexibility index (Phi) is 2.29. The molecule has 0 amide bonds. The van der Waals surface area contributed by atoms with Gasteiger partial charge in [0, 0.05) is 31.0 Å². The van der Waals surface area contributed by atoms with E-state index < -0.39 is 5.97 Å². The number of likely N-dealkylation sites (tertiary alicyclic amines) is 1. The molecule has 14 heavy (non-hydrogen) atoms. The van der Waals surface area contributed by atoms with Gasteiger partial charge in [-0.05, 0) is 19.1 Å². The van der Waals surface area contributed by atoms with Crippen LogP contribution in [0.15, 0.2) is 18.3 Å². The third-order valence-corrected chi connectivity index (χ3v) is 2.88. The number of carboxylic acids is 1. The summed E-state index contributed by atoms with van der Waals surface area (Å²) < 4.78 is 0. The standard InChI is InChI=1S/C10H14N2O2/c1-7(9-3-2-4-11-9)12-5-8(6-12)10(13)14/h2-4,7-8,11H,5-6H2,1H3,(H,13,14)/t7-/m1/s1. The van der Waals surface area contributed by atoms with Crippen molar-refractivity contribution < 1.29 is 9.90 Å². The maximum Gasteiger partial charge on any atom is 0.309 e. The molecule has 1 aromatic heterocycles. The molecule has 1 saturated heterocycles. The molecule has 1 fully saturated rings. The Morgan fingerprint density at radius 1 is 1.71 bits per heavy atom. The molecule has 0 aromatic carbocycles. The van der Waals surface area contributed by atoms with Crippen molar-refractivity contribution in [2.75, 3.05) is 13.1 Å². The van der Waals surface area contributed by atoms with Gasteiger partial charge < -0.3 is 10.1 Å². The summed E-state index contributed by atoms with van der Waals surface area (Å²) in [5, 5.41) is 8.73. The second-order valence-corrected chi connectivity index (χ2v) is 3.79. The van der Waals surface area contributed by atoms with Crippen LogP contribution < -0.4 is 0 Å². The third-order valence-electron chi connectivity index (χ3n) is 2.88. The topological polar surface area (TPSA) is 56.3 Å². The zero-order chi connectivity index (χ0) is 10.1. The number of nitrogens with one attached hydrogen (secondary N) is 1. The minimum atomic E-state index is -0.681. The van der Waals surface area contributed by atoms with Crippen molar-refractivity contribution in [3.63, 3.8) is 0 Å². The van der Waals surface area contributed by atoms with Crippen molar-refractivity contribution >= 4 is 5.97 Å². The maximum absolute atomic E-state index is 10.6. The van der Waals surface area contributed by atoms with Crippen LogP contribution in [0.1, 0.15) is 18.7 Å². The average Bonchev–Trinajstić information content (AvgIpc) is 2.51. The van der Waals surface area contributed by atoms with Gasteiger partial charge in [-0.25, -0.2) is 0 Å². The Morgan fingerprint density at radius 3 is 2.93 bits per heavy atom. The van der Waals surface area contributed by atoms with Crippen LogP contribution in [0.2, 0.25) is 0 Å². The highest BCUT2D eigenvalue weighted by Gasteiger charge is 2.35. The highest BCUT2D eigenvalue weighted by atomic mass is 16.4. The number of carboxylic acid groups (broad SMARTS) is 1. The molecule has 0 spiro atoms. The number of hydrogen-bond acceptors (Lipinski definition) is 2. The van der Waals surface area contributed by atoms with Crippen molar-refractivity contribution in [2.24, 2.45) is 5.92 Å². The molecule has 76 valence electrons. The normalized spacial score (nSPS) is 20.4. The Labute approximate surface area is 82.5 Å².